The Kier molecular flexibility index (Phi) is 3.41. The van der Waals surface area contributed by atoms with E-state index in [1.54, 1.807) is 0 Å². The Morgan fingerprint density at radius 1 is 0.800 bits per heavy atom. The summed E-state index contributed by atoms with van der Waals surface area (Å²) in [7, 11) is 0. The second kappa shape index (κ2) is 3.70. The molecule has 4 heteroatoms. The Morgan fingerprint density at radius 2 is 1.20 bits per heavy atom. The molecule has 0 unspecified atom stereocenters. The summed E-state index contributed by atoms with van der Waals surface area (Å²) in [5.74, 6) is 0. The van der Waals surface area contributed by atoms with Crippen LogP contribution in [0, 0.1) is 12.1 Å². The highest BCUT2D eigenvalue weighted by Gasteiger charge is 2.02. The fourth-order valence-electron chi connectivity index (χ4n) is 0.430. The third-order valence-corrected chi connectivity index (χ3v) is 4.27. The smallest absolute Gasteiger partial charge is 0.0473 e. The molecule has 0 fully saturated rings. The zero-order chi connectivity index (χ0) is 7.72. The van der Waals surface area contributed by atoms with E-state index in [1.165, 1.54) is 0 Å². The second-order valence-electron chi connectivity index (χ2n) is 1.51. The number of halogens is 4. The molecule has 0 amide bonds. The van der Waals surface area contributed by atoms with Gasteiger partial charge < -0.3 is 0 Å². The van der Waals surface area contributed by atoms with Crippen molar-refractivity contribution in [2.24, 2.45) is 0 Å². The van der Waals surface area contributed by atoms with Crippen LogP contribution in [0.1, 0.15) is 0 Å². The van der Waals surface area contributed by atoms with E-state index < -0.39 is 0 Å². The average molecular weight is 392 g/mol. The van der Waals surface area contributed by atoms with Gasteiger partial charge in [0.1, 0.15) is 0 Å². The lowest BCUT2D eigenvalue weighted by molar-refractivity contribution is 1.47. The SMILES string of the molecule is Brc1[c]c(Br)c(Br)c(Br)[c]1. The molecule has 0 heterocycles. The summed E-state index contributed by atoms with van der Waals surface area (Å²) in [5.41, 5.74) is 0. The lowest BCUT2D eigenvalue weighted by Crippen LogP contribution is -1.74. The Hall–Kier alpha value is 1.14. The monoisotopic (exact) mass is 388 g/mol. The molecular formula is C6Br4. The molecule has 0 spiro atoms. The Bertz CT molecular complexity index is 233. The quantitative estimate of drug-likeness (QED) is 0.456. The van der Waals surface area contributed by atoms with Crippen molar-refractivity contribution in [2.75, 3.05) is 0 Å². The topological polar surface area (TPSA) is 0 Å². The van der Waals surface area contributed by atoms with Gasteiger partial charge in [-0.15, -0.1) is 0 Å². The summed E-state index contributed by atoms with van der Waals surface area (Å²) in [6.07, 6.45) is 0. The Morgan fingerprint density at radius 3 is 1.60 bits per heavy atom. The van der Waals surface area contributed by atoms with Crippen molar-refractivity contribution in [3.05, 3.63) is 30.0 Å². The fourth-order valence-corrected chi connectivity index (χ4v) is 2.62. The first-order valence-corrected chi connectivity index (χ1v) is 5.43. The molecule has 0 aliphatic rings. The molecule has 2 radical (unpaired) electrons. The van der Waals surface area contributed by atoms with Crippen LogP contribution >= 0.6 is 63.7 Å². The van der Waals surface area contributed by atoms with Crippen LogP contribution in [0.15, 0.2) is 17.9 Å². The summed E-state index contributed by atoms with van der Waals surface area (Å²) >= 11 is 13.2. The predicted molar refractivity (Wildman–Crippen MR) is 54.9 cm³/mol. The molecule has 52 valence electrons. The van der Waals surface area contributed by atoms with Gasteiger partial charge in [-0.2, -0.15) is 0 Å². The summed E-state index contributed by atoms with van der Waals surface area (Å²) in [6, 6.07) is 5.96. The van der Waals surface area contributed by atoms with Crippen molar-refractivity contribution >= 4 is 63.7 Å². The molecule has 0 saturated carbocycles. The largest absolute Gasteiger partial charge is 0.0494 e. The third kappa shape index (κ3) is 2.06. The molecule has 0 N–H and O–H groups in total. The molecule has 1 aromatic rings. The number of hydrogen-bond acceptors (Lipinski definition) is 0. The highest BCUT2D eigenvalue weighted by molar-refractivity contribution is 9.14. The van der Waals surface area contributed by atoms with Crippen LogP contribution in [0.2, 0.25) is 0 Å². The van der Waals surface area contributed by atoms with Gasteiger partial charge in [0.25, 0.3) is 0 Å². The molecule has 0 bridgehead atoms. The molecule has 0 nitrogen and oxygen atoms in total. The van der Waals surface area contributed by atoms with Crippen LogP contribution in [0.3, 0.4) is 0 Å². The van der Waals surface area contributed by atoms with Gasteiger partial charge in [0.2, 0.25) is 0 Å². The summed E-state index contributed by atoms with van der Waals surface area (Å²) < 4.78 is 3.49. The van der Waals surface area contributed by atoms with Gasteiger partial charge in [-0.25, -0.2) is 0 Å². The van der Waals surface area contributed by atoms with E-state index in [1.807, 2.05) is 0 Å². The van der Waals surface area contributed by atoms with Crippen LogP contribution in [-0.4, -0.2) is 0 Å². The van der Waals surface area contributed by atoms with Crippen LogP contribution < -0.4 is 0 Å². The Labute approximate surface area is 92.9 Å². The molecule has 0 aliphatic carbocycles. The van der Waals surface area contributed by atoms with Crippen molar-refractivity contribution in [3.8, 4) is 0 Å². The van der Waals surface area contributed by atoms with Gasteiger partial charge in [0.15, 0.2) is 0 Å². The first kappa shape index (κ1) is 9.23. The summed E-state index contributed by atoms with van der Waals surface area (Å²) in [6.45, 7) is 0. The molecular weight excluding hydrogens is 392 g/mol. The van der Waals surface area contributed by atoms with E-state index in [-0.39, 0.29) is 0 Å². The van der Waals surface area contributed by atoms with Crippen LogP contribution in [-0.2, 0) is 0 Å². The summed E-state index contributed by atoms with van der Waals surface area (Å²) in [5, 5.41) is 0. The summed E-state index contributed by atoms with van der Waals surface area (Å²) in [4.78, 5) is 0. The van der Waals surface area contributed by atoms with Crippen LogP contribution in [0.4, 0.5) is 0 Å². The number of benzene rings is 1. The molecule has 1 aromatic carbocycles. The minimum atomic E-state index is 0.800. The molecule has 10 heavy (non-hydrogen) atoms. The van der Waals surface area contributed by atoms with Gasteiger partial charge >= 0.3 is 0 Å². The zero-order valence-corrected chi connectivity index (χ0v) is 10.9. The lowest BCUT2D eigenvalue weighted by Gasteiger charge is -1.97. The van der Waals surface area contributed by atoms with E-state index in [4.69, 9.17) is 0 Å². The second-order valence-corrected chi connectivity index (χ2v) is 4.68. The third-order valence-electron chi connectivity index (χ3n) is 0.824. The fraction of sp³-hybridized carbons (Fsp3) is 0. The van der Waals surface area contributed by atoms with E-state index in [0.29, 0.717) is 0 Å². The Balaban J connectivity index is 3.31. The van der Waals surface area contributed by atoms with Crippen molar-refractivity contribution in [3.63, 3.8) is 0 Å². The van der Waals surface area contributed by atoms with E-state index >= 15 is 0 Å². The van der Waals surface area contributed by atoms with Crippen molar-refractivity contribution in [1.82, 2.24) is 0 Å². The van der Waals surface area contributed by atoms with Gasteiger partial charge in [-0.3, -0.25) is 0 Å². The van der Waals surface area contributed by atoms with Crippen LogP contribution in [0.25, 0.3) is 0 Å². The number of rotatable bonds is 0. The van der Waals surface area contributed by atoms with E-state index in [2.05, 4.69) is 75.9 Å². The molecule has 1 rings (SSSR count). The first-order chi connectivity index (χ1) is 4.61. The maximum atomic E-state index is 3.34. The van der Waals surface area contributed by atoms with Crippen molar-refractivity contribution in [1.29, 1.82) is 0 Å². The van der Waals surface area contributed by atoms with Crippen molar-refractivity contribution < 1.29 is 0 Å². The highest BCUT2D eigenvalue weighted by atomic mass is 79.9. The molecule has 0 aromatic heterocycles. The van der Waals surface area contributed by atoms with Gasteiger partial charge in [0.05, 0.1) is 0 Å². The highest BCUT2D eigenvalue weighted by Crippen LogP contribution is 2.32. The molecule has 0 atom stereocenters. The standard InChI is InChI=1S/C6Br4/c7-3-1-4(8)6(10)5(9)2-3. The molecule has 0 aliphatic heterocycles. The van der Waals surface area contributed by atoms with Gasteiger partial charge in [-0.1, -0.05) is 0 Å². The number of hydrogen-bond donors (Lipinski definition) is 0. The molecule has 0 saturated heterocycles. The zero-order valence-electron chi connectivity index (χ0n) is 4.51. The minimum absolute atomic E-state index is 0.800. The van der Waals surface area contributed by atoms with E-state index in [9.17, 15) is 0 Å². The van der Waals surface area contributed by atoms with Crippen LogP contribution in [0.5, 0.6) is 0 Å². The van der Waals surface area contributed by atoms with Gasteiger partial charge in [-0.05, 0) is 63.7 Å². The lowest BCUT2D eigenvalue weighted by atomic mass is 10.4. The first-order valence-electron chi connectivity index (χ1n) is 2.26. The maximum Gasteiger partial charge on any atom is 0.0473 e. The predicted octanol–water partition coefficient (Wildman–Crippen LogP) is 4.34. The normalized spacial score (nSPS) is 10.0. The maximum absolute atomic E-state index is 3.34. The van der Waals surface area contributed by atoms with E-state index in [0.717, 1.165) is 17.9 Å². The van der Waals surface area contributed by atoms with Gasteiger partial charge in [0, 0.05) is 30.0 Å². The average Bonchev–Trinajstić information content (AvgIpc) is 1.82. The van der Waals surface area contributed by atoms with Crippen molar-refractivity contribution in [2.45, 2.75) is 0 Å². The minimum Gasteiger partial charge on any atom is -0.0494 e.